The average molecular weight is 348 g/mol. The van der Waals surface area contributed by atoms with Crippen LogP contribution in [-0.2, 0) is 6.61 Å². The van der Waals surface area contributed by atoms with Gasteiger partial charge in [0.05, 0.1) is 5.02 Å². The fraction of sp³-hybridized carbons (Fsp3) is 0.167. The van der Waals surface area contributed by atoms with E-state index >= 15 is 0 Å². The Morgan fingerprint density at radius 2 is 2.00 bits per heavy atom. The highest BCUT2D eigenvalue weighted by molar-refractivity contribution is 9.10. The maximum atomic E-state index is 6.01. The van der Waals surface area contributed by atoms with E-state index in [9.17, 15) is 0 Å². The smallest absolute Gasteiger partial charge is 0.167 e. The molecule has 2 aromatic rings. The van der Waals surface area contributed by atoms with E-state index in [4.69, 9.17) is 27.9 Å². The van der Waals surface area contributed by atoms with Gasteiger partial charge in [-0.2, -0.15) is 0 Å². The van der Waals surface area contributed by atoms with Gasteiger partial charge >= 0.3 is 0 Å². The summed E-state index contributed by atoms with van der Waals surface area (Å²) in [5.41, 5.74) is 0.800. The van der Waals surface area contributed by atoms with Crippen molar-refractivity contribution in [1.82, 2.24) is 9.97 Å². The Morgan fingerprint density at radius 3 is 2.72 bits per heavy atom. The van der Waals surface area contributed by atoms with Crippen molar-refractivity contribution < 1.29 is 4.74 Å². The molecule has 0 N–H and O–H groups in total. The van der Waals surface area contributed by atoms with E-state index in [1.807, 2.05) is 13.0 Å². The first-order valence-corrected chi connectivity index (χ1v) is 6.67. The van der Waals surface area contributed by atoms with Crippen LogP contribution in [0.1, 0.15) is 11.5 Å². The summed E-state index contributed by atoms with van der Waals surface area (Å²) in [6.45, 7) is 2.07. The molecule has 1 heterocycles. The zero-order valence-corrected chi connectivity index (χ0v) is 12.6. The minimum absolute atomic E-state index is 0.220. The first kappa shape index (κ1) is 13.6. The Balaban J connectivity index is 2.13. The summed E-state index contributed by atoms with van der Waals surface area (Å²) in [5.74, 6) is 1.10. The second kappa shape index (κ2) is 5.87. The molecule has 6 heteroatoms. The Labute approximate surface area is 123 Å². The number of ether oxygens (including phenoxy) is 1. The van der Waals surface area contributed by atoms with Gasteiger partial charge in [-0.3, -0.25) is 0 Å². The summed E-state index contributed by atoms with van der Waals surface area (Å²) in [6.07, 6.45) is 0. The predicted molar refractivity (Wildman–Crippen MR) is 75.3 cm³/mol. The molecule has 0 bridgehead atoms. The molecule has 0 fully saturated rings. The number of halogens is 3. The van der Waals surface area contributed by atoms with E-state index in [0.29, 0.717) is 21.7 Å². The quantitative estimate of drug-likeness (QED) is 0.770. The number of nitrogens with zero attached hydrogens (tertiary/aromatic N) is 2. The summed E-state index contributed by atoms with van der Waals surface area (Å²) in [7, 11) is 0. The van der Waals surface area contributed by atoms with Gasteiger partial charge in [-0.1, -0.05) is 39.1 Å². The van der Waals surface area contributed by atoms with Crippen molar-refractivity contribution in [1.29, 1.82) is 0 Å². The molecule has 0 atom stereocenters. The highest BCUT2D eigenvalue weighted by Gasteiger charge is 2.05. The Hall–Kier alpha value is -0.840. The van der Waals surface area contributed by atoms with E-state index in [1.165, 1.54) is 0 Å². The lowest BCUT2D eigenvalue weighted by molar-refractivity contribution is 0.295. The molecule has 0 amide bonds. The third-order valence-corrected chi connectivity index (χ3v) is 3.12. The van der Waals surface area contributed by atoms with Crippen LogP contribution in [0.25, 0.3) is 0 Å². The summed E-state index contributed by atoms with van der Waals surface area (Å²) in [6, 6.07) is 7.08. The Morgan fingerprint density at radius 1 is 1.22 bits per heavy atom. The molecule has 2 rings (SSSR count). The van der Waals surface area contributed by atoms with E-state index in [0.717, 1.165) is 10.2 Å². The van der Waals surface area contributed by atoms with Crippen LogP contribution in [0.2, 0.25) is 10.2 Å². The number of aromatic nitrogens is 2. The summed E-state index contributed by atoms with van der Waals surface area (Å²) < 4.78 is 6.46. The molecule has 3 nitrogen and oxygen atoms in total. The van der Waals surface area contributed by atoms with Gasteiger partial charge in [0.2, 0.25) is 0 Å². The van der Waals surface area contributed by atoms with Crippen LogP contribution in [0, 0.1) is 6.92 Å². The van der Waals surface area contributed by atoms with Crippen LogP contribution in [-0.4, -0.2) is 9.97 Å². The number of benzene rings is 1. The molecule has 1 aromatic carbocycles. The molecule has 0 unspecified atom stereocenters. The fourth-order valence-electron chi connectivity index (χ4n) is 1.38. The van der Waals surface area contributed by atoms with Gasteiger partial charge in [0.25, 0.3) is 0 Å². The first-order valence-electron chi connectivity index (χ1n) is 5.12. The molecule has 0 aliphatic heterocycles. The molecular weight excluding hydrogens is 339 g/mol. The lowest BCUT2D eigenvalue weighted by atomic mass is 10.3. The molecular formula is C12H9BrCl2N2O. The number of aryl methyl sites for hydroxylation is 1. The first-order chi connectivity index (χ1) is 8.54. The van der Waals surface area contributed by atoms with E-state index in [-0.39, 0.29) is 6.61 Å². The van der Waals surface area contributed by atoms with Crippen LogP contribution >= 0.6 is 39.1 Å². The average Bonchev–Trinajstić information content (AvgIpc) is 2.29. The van der Waals surface area contributed by atoms with Crippen LogP contribution in [0.4, 0.5) is 0 Å². The second-order valence-electron chi connectivity index (χ2n) is 3.61. The summed E-state index contributed by atoms with van der Waals surface area (Å²) in [4.78, 5) is 8.30. The summed E-state index contributed by atoms with van der Waals surface area (Å²) >= 11 is 15.2. The molecule has 0 saturated heterocycles. The lowest BCUT2D eigenvalue weighted by Crippen LogP contribution is -2.03. The van der Waals surface area contributed by atoms with Crippen LogP contribution in [0.3, 0.4) is 0 Å². The molecule has 0 radical (unpaired) electrons. The van der Waals surface area contributed by atoms with E-state index < -0.39 is 0 Å². The number of hydrogen-bond acceptors (Lipinski definition) is 3. The molecule has 18 heavy (non-hydrogen) atoms. The minimum Gasteiger partial charge on any atom is -0.484 e. The molecule has 0 aliphatic rings. The van der Waals surface area contributed by atoms with Gasteiger partial charge in [-0.15, -0.1) is 0 Å². The number of rotatable bonds is 3. The third kappa shape index (κ3) is 3.57. The van der Waals surface area contributed by atoms with Gasteiger partial charge in [-0.25, -0.2) is 9.97 Å². The third-order valence-electron chi connectivity index (χ3n) is 2.12. The lowest BCUT2D eigenvalue weighted by Gasteiger charge is -2.08. The topological polar surface area (TPSA) is 35.0 Å². The van der Waals surface area contributed by atoms with Gasteiger partial charge in [0.15, 0.2) is 5.82 Å². The van der Waals surface area contributed by atoms with Crippen molar-refractivity contribution in [3.05, 3.63) is 50.4 Å². The van der Waals surface area contributed by atoms with Gasteiger partial charge in [0, 0.05) is 10.2 Å². The largest absolute Gasteiger partial charge is 0.484 e. The number of hydrogen-bond donors (Lipinski definition) is 0. The monoisotopic (exact) mass is 346 g/mol. The molecule has 0 aliphatic carbocycles. The molecule has 0 saturated carbocycles. The van der Waals surface area contributed by atoms with Crippen LogP contribution in [0.15, 0.2) is 28.7 Å². The Kier molecular flexibility index (Phi) is 4.43. The van der Waals surface area contributed by atoms with Gasteiger partial charge in [0.1, 0.15) is 17.5 Å². The standard InChI is InChI=1S/C12H9BrCl2N2O/c1-7-4-11(15)17-12(16-7)6-18-10-5-8(13)2-3-9(10)14/h2-5H,6H2,1H3. The van der Waals surface area contributed by atoms with Crippen molar-refractivity contribution in [3.63, 3.8) is 0 Å². The zero-order chi connectivity index (χ0) is 13.1. The zero-order valence-electron chi connectivity index (χ0n) is 9.45. The van der Waals surface area contributed by atoms with E-state index in [2.05, 4.69) is 25.9 Å². The van der Waals surface area contributed by atoms with Crippen LogP contribution in [0.5, 0.6) is 5.75 Å². The Bertz CT molecular complexity index is 558. The normalized spacial score (nSPS) is 10.4. The van der Waals surface area contributed by atoms with Crippen LogP contribution < -0.4 is 4.74 Å². The van der Waals surface area contributed by atoms with Crippen molar-refractivity contribution in [2.75, 3.05) is 0 Å². The van der Waals surface area contributed by atoms with E-state index in [1.54, 1.807) is 18.2 Å². The minimum atomic E-state index is 0.220. The van der Waals surface area contributed by atoms with Crippen molar-refractivity contribution in [3.8, 4) is 5.75 Å². The highest BCUT2D eigenvalue weighted by atomic mass is 79.9. The molecule has 94 valence electrons. The highest BCUT2D eigenvalue weighted by Crippen LogP contribution is 2.28. The maximum Gasteiger partial charge on any atom is 0.167 e. The predicted octanol–water partition coefficient (Wildman–Crippen LogP) is 4.43. The molecule has 1 aromatic heterocycles. The van der Waals surface area contributed by atoms with Crippen molar-refractivity contribution >= 4 is 39.1 Å². The SMILES string of the molecule is Cc1cc(Cl)nc(COc2cc(Br)ccc2Cl)n1. The second-order valence-corrected chi connectivity index (χ2v) is 5.32. The molecule has 0 spiro atoms. The fourth-order valence-corrected chi connectivity index (χ4v) is 2.15. The maximum absolute atomic E-state index is 6.01. The van der Waals surface area contributed by atoms with Gasteiger partial charge in [-0.05, 0) is 31.2 Å². The summed E-state index contributed by atoms with van der Waals surface area (Å²) in [5, 5.41) is 0.943. The van der Waals surface area contributed by atoms with Gasteiger partial charge < -0.3 is 4.74 Å². The van der Waals surface area contributed by atoms with Crippen molar-refractivity contribution in [2.24, 2.45) is 0 Å². The van der Waals surface area contributed by atoms with Crippen molar-refractivity contribution in [2.45, 2.75) is 13.5 Å².